The second kappa shape index (κ2) is 55.2. The van der Waals surface area contributed by atoms with Crippen LogP contribution >= 0.6 is 7.82 Å². The Labute approximate surface area is 442 Å². The van der Waals surface area contributed by atoms with Gasteiger partial charge in [0.05, 0.1) is 19.8 Å². The van der Waals surface area contributed by atoms with Crippen molar-refractivity contribution in [2.24, 2.45) is 0 Å². The van der Waals surface area contributed by atoms with E-state index < -0.39 is 57.8 Å². The van der Waals surface area contributed by atoms with Crippen molar-refractivity contribution in [3.63, 3.8) is 0 Å². The molecule has 0 saturated carbocycles. The van der Waals surface area contributed by atoms with Gasteiger partial charge in [-0.3, -0.25) is 23.4 Å². The Morgan fingerprint density at radius 2 is 0.639 bits per heavy atom. The Hall–Kier alpha value is -2.04. The molecule has 0 aliphatic carbocycles. The number of aliphatic hydroxyl groups is 1. The molecule has 0 radical (unpaired) electrons. The standard InChI is InChI=1S/C60H113O11P/c1-4-7-10-13-16-19-21-23-25-27-28-30-31-33-35-38-40-43-46-49-58(62)67-53-57(71-60(64)51-48-45-42-39-36-34-32-29-26-24-22-20-17-14-11-8-5-2)55-69-72(65,66)68-54-56(52-61)70-59(63)50-47-44-41-37-18-15-12-9-6-3/h23-26,56-57,61H,4-22,27-55H2,1-3H3,(H,65,66)/b25-23-,26-24-. The summed E-state index contributed by atoms with van der Waals surface area (Å²) < 4.78 is 39.5. The van der Waals surface area contributed by atoms with Crippen molar-refractivity contribution in [1.82, 2.24) is 0 Å². The quantitative estimate of drug-likeness (QED) is 0.0197. The zero-order chi connectivity index (χ0) is 52.7. The number of allylic oxidation sites excluding steroid dienone is 4. The molecule has 0 aliphatic heterocycles. The van der Waals surface area contributed by atoms with E-state index >= 15 is 0 Å². The minimum absolute atomic E-state index is 0.167. The maximum Gasteiger partial charge on any atom is 0.472 e. The maximum atomic E-state index is 12.9. The fourth-order valence-corrected chi connectivity index (χ4v) is 9.48. The second-order valence-corrected chi connectivity index (χ2v) is 22.0. The average molecular weight is 1040 g/mol. The lowest BCUT2D eigenvalue weighted by Gasteiger charge is -2.21. The molecular formula is C60H113O11P. The van der Waals surface area contributed by atoms with E-state index in [0.717, 1.165) is 64.2 Å². The highest BCUT2D eigenvalue weighted by Gasteiger charge is 2.28. The summed E-state index contributed by atoms with van der Waals surface area (Å²) in [7, 11) is -4.74. The number of esters is 3. The van der Waals surface area contributed by atoms with E-state index in [1.54, 1.807) is 0 Å². The summed E-state index contributed by atoms with van der Waals surface area (Å²) in [6, 6.07) is 0. The number of aliphatic hydroxyl groups excluding tert-OH is 1. The summed E-state index contributed by atoms with van der Waals surface area (Å²) in [5.74, 6) is -1.45. The summed E-state index contributed by atoms with van der Waals surface area (Å²) in [6.45, 7) is 4.65. The third-order valence-electron chi connectivity index (χ3n) is 13.3. The number of phosphoric ester groups is 1. The highest BCUT2D eigenvalue weighted by atomic mass is 31.2. The second-order valence-electron chi connectivity index (χ2n) is 20.5. The molecule has 2 N–H and O–H groups in total. The average Bonchev–Trinajstić information content (AvgIpc) is 3.37. The van der Waals surface area contributed by atoms with Crippen LogP contribution in [0.25, 0.3) is 0 Å². The number of unbranched alkanes of at least 4 members (excludes halogenated alkanes) is 36. The van der Waals surface area contributed by atoms with Gasteiger partial charge in [-0.1, -0.05) is 238 Å². The summed E-state index contributed by atoms with van der Waals surface area (Å²) in [6.07, 6.45) is 55.7. The summed E-state index contributed by atoms with van der Waals surface area (Å²) in [5.41, 5.74) is 0. The van der Waals surface area contributed by atoms with E-state index in [9.17, 15) is 28.9 Å². The number of phosphoric acid groups is 1. The molecule has 0 saturated heterocycles. The highest BCUT2D eigenvalue weighted by Crippen LogP contribution is 2.43. The molecule has 0 aromatic rings. The van der Waals surface area contributed by atoms with Gasteiger partial charge in [0.1, 0.15) is 12.7 Å². The van der Waals surface area contributed by atoms with Crippen LogP contribution in [0.15, 0.2) is 24.3 Å². The van der Waals surface area contributed by atoms with Crippen LogP contribution in [-0.2, 0) is 42.2 Å². The Morgan fingerprint density at radius 3 is 0.958 bits per heavy atom. The van der Waals surface area contributed by atoms with E-state index in [1.807, 2.05) is 0 Å². The number of carbonyl (C=O) groups excluding carboxylic acids is 3. The minimum atomic E-state index is -4.74. The molecule has 12 heteroatoms. The van der Waals surface area contributed by atoms with Gasteiger partial charge in [0.15, 0.2) is 6.10 Å². The SMILES string of the molecule is CCCCCCCC/C=C\CCCCCCCCCCCC(=O)OCC(COP(=O)(O)OCC(CO)OC(=O)CCCCCCCCCCC)OC(=O)CCCCCCCCC/C=C\CCCCCCCC. The molecule has 0 aromatic carbocycles. The Bertz CT molecular complexity index is 1310. The lowest BCUT2D eigenvalue weighted by atomic mass is 10.1. The fourth-order valence-electron chi connectivity index (χ4n) is 8.70. The van der Waals surface area contributed by atoms with E-state index in [1.165, 1.54) is 180 Å². The Balaban J connectivity index is 4.66. The monoisotopic (exact) mass is 1040 g/mol. The van der Waals surface area contributed by atoms with Crippen molar-refractivity contribution < 1.29 is 52.2 Å². The highest BCUT2D eigenvalue weighted by molar-refractivity contribution is 7.47. The smallest absolute Gasteiger partial charge is 0.462 e. The number of hydrogen-bond acceptors (Lipinski definition) is 10. The first kappa shape index (κ1) is 70.0. The molecule has 0 spiro atoms. The topological polar surface area (TPSA) is 155 Å². The van der Waals surface area contributed by atoms with E-state index in [0.29, 0.717) is 19.3 Å². The first-order valence-corrected chi connectivity index (χ1v) is 31.7. The van der Waals surface area contributed by atoms with Crippen molar-refractivity contribution in [2.75, 3.05) is 26.4 Å². The van der Waals surface area contributed by atoms with Gasteiger partial charge < -0.3 is 24.2 Å². The maximum absolute atomic E-state index is 12.9. The molecule has 3 unspecified atom stereocenters. The summed E-state index contributed by atoms with van der Waals surface area (Å²) in [4.78, 5) is 48.5. The molecule has 0 aromatic heterocycles. The molecule has 0 fully saturated rings. The zero-order valence-corrected chi connectivity index (χ0v) is 47.8. The van der Waals surface area contributed by atoms with Crippen molar-refractivity contribution >= 4 is 25.7 Å². The van der Waals surface area contributed by atoms with Gasteiger partial charge in [0, 0.05) is 19.3 Å². The predicted molar refractivity (Wildman–Crippen MR) is 298 cm³/mol. The fraction of sp³-hybridized carbons (Fsp3) is 0.883. The number of ether oxygens (including phenoxy) is 3. The molecule has 0 heterocycles. The van der Waals surface area contributed by atoms with Gasteiger partial charge in [-0.15, -0.1) is 0 Å². The lowest BCUT2D eigenvalue weighted by Crippen LogP contribution is -2.30. The normalized spacial score (nSPS) is 13.5. The number of rotatable bonds is 57. The van der Waals surface area contributed by atoms with Crippen molar-refractivity contribution in [3.05, 3.63) is 24.3 Å². The van der Waals surface area contributed by atoms with Crippen LogP contribution in [0, 0.1) is 0 Å². The van der Waals surface area contributed by atoms with Crippen LogP contribution in [0.3, 0.4) is 0 Å². The van der Waals surface area contributed by atoms with Gasteiger partial charge >= 0.3 is 25.7 Å². The molecule has 11 nitrogen and oxygen atoms in total. The molecule has 72 heavy (non-hydrogen) atoms. The van der Waals surface area contributed by atoms with Crippen molar-refractivity contribution in [1.29, 1.82) is 0 Å². The molecule has 0 amide bonds. The number of carbonyl (C=O) groups is 3. The minimum Gasteiger partial charge on any atom is -0.462 e. The van der Waals surface area contributed by atoms with Crippen LogP contribution in [-0.4, -0.2) is 66.5 Å². The van der Waals surface area contributed by atoms with Crippen LogP contribution in [0.2, 0.25) is 0 Å². The molecule has 0 bridgehead atoms. The van der Waals surface area contributed by atoms with Crippen LogP contribution in [0.4, 0.5) is 0 Å². The molecular weight excluding hydrogens is 928 g/mol. The van der Waals surface area contributed by atoms with Gasteiger partial charge in [0.25, 0.3) is 0 Å². The third-order valence-corrected chi connectivity index (χ3v) is 14.3. The van der Waals surface area contributed by atoms with Crippen LogP contribution < -0.4 is 0 Å². The third kappa shape index (κ3) is 52.8. The Morgan fingerprint density at radius 1 is 0.375 bits per heavy atom. The zero-order valence-electron chi connectivity index (χ0n) is 46.9. The van der Waals surface area contributed by atoms with E-state index in [4.69, 9.17) is 23.3 Å². The van der Waals surface area contributed by atoms with Crippen molar-refractivity contribution in [2.45, 2.75) is 315 Å². The van der Waals surface area contributed by atoms with Gasteiger partial charge in [-0.05, 0) is 70.6 Å². The first-order valence-electron chi connectivity index (χ1n) is 30.2. The van der Waals surface area contributed by atoms with E-state index in [-0.39, 0.29) is 25.9 Å². The molecule has 3 atom stereocenters. The number of hydrogen-bond donors (Lipinski definition) is 2. The van der Waals surface area contributed by atoms with Gasteiger partial charge in [0.2, 0.25) is 0 Å². The lowest BCUT2D eigenvalue weighted by molar-refractivity contribution is -0.161. The van der Waals surface area contributed by atoms with Crippen molar-refractivity contribution in [3.8, 4) is 0 Å². The van der Waals surface area contributed by atoms with E-state index in [2.05, 4.69) is 45.1 Å². The first-order chi connectivity index (χ1) is 35.2. The Kier molecular flexibility index (Phi) is 53.6. The summed E-state index contributed by atoms with van der Waals surface area (Å²) in [5, 5.41) is 9.78. The van der Waals surface area contributed by atoms with Crippen LogP contribution in [0.1, 0.15) is 303 Å². The molecule has 0 rings (SSSR count). The van der Waals surface area contributed by atoms with Gasteiger partial charge in [-0.2, -0.15) is 0 Å². The molecule has 424 valence electrons. The van der Waals surface area contributed by atoms with Crippen LogP contribution in [0.5, 0.6) is 0 Å². The predicted octanol–water partition coefficient (Wildman–Crippen LogP) is 17.8. The summed E-state index contributed by atoms with van der Waals surface area (Å²) >= 11 is 0. The largest absolute Gasteiger partial charge is 0.472 e. The molecule has 0 aliphatic rings. The van der Waals surface area contributed by atoms with Gasteiger partial charge in [-0.25, -0.2) is 4.57 Å².